The van der Waals surface area contributed by atoms with Crippen LogP contribution in [0.15, 0.2) is 109 Å². The molecule has 2 atom stereocenters. The lowest BCUT2D eigenvalue weighted by atomic mass is 9.85. The minimum Gasteiger partial charge on any atom is -0.351 e. The first-order valence-electron chi connectivity index (χ1n) is 14.8. The Balaban J connectivity index is 1.66. The first kappa shape index (κ1) is 35.7. The van der Waals surface area contributed by atoms with Crippen LogP contribution in [0.2, 0.25) is 0 Å². The molecule has 0 aromatic heterocycles. The predicted octanol–water partition coefficient (Wildman–Crippen LogP) is 7.73. The maximum Gasteiger partial charge on any atom is 0.416 e. The van der Waals surface area contributed by atoms with E-state index in [-0.39, 0.29) is 6.07 Å². The van der Waals surface area contributed by atoms with Crippen LogP contribution < -0.4 is 21.2 Å². The molecule has 2 N–H and O–H groups in total. The van der Waals surface area contributed by atoms with E-state index >= 15 is 0 Å². The summed E-state index contributed by atoms with van der Waals surface area (Å²) < 4.78 is 80.9. The van der Waals surface area contributed by atoms with Gasteiger partial charge in [0.05, 0.1) is 11.1 Å². The van der Waals surface area contributed by atoms with Crippen molar-refractivity contribution >= 4 is 30.3 Å². The van der Waals surface area contributed by atoms with E-state index in [1.54, 1.807) is 20.8 Å². The van der Waals surface area contributed by atoms with Crippen LogP contribution >= 0.6 is 7.92 Å². The molecular weight excluding hydrogens is 637 g/mol. The molecule has 0 aliphatic carbocycles. The van der Waals surface area contributed by atoms with Crippen LogP contribution in [0.3, 0.4) is 0 Å². The third-order valence-electron chi connectivity index (χ3n) is 7.46. The molecule has 0 fully saturated rings. The summed E-state index contributed by atoms with van der Waals surface area (Å²) in [4.78, 5) is 27.3. The van der Waals surface area contributed by atoms with Crippen LogP contribution in [0.5, 0.6) is 0 Å². The molecule has 0 aliphatic rings. The van der Waals surface area contributed by atoms with Gasteiger partial charge in [0, 0.05) is 11.6 Å². The van der Waals surface area contributed by atoms with Crippen molar-refractivity contribution in [1.82, 2.24) is 10.6 Å². The summed E-state index contributed by atoms with van der Waals surface area (Å²) in [5, 5.41) is 7.69. The molecule has 248 valence electrons. The number of halogens is 6. The first-order valence-corrected chi connectivity index (χ1v) is 16.4. The molecule has 47 heavy (non-hydrogen) atoms. The van der Waals surface area contributed by atoms with Crippen molar-refractivity contribution in [2.45, 2.75) is 51.6 Å². The summed E-state index contributed by atoms with van der Waals surface area (Å²) in [6.45, 7) is 4.95. The summed E-state index contributed by atoms with van der Waals surface area (Å²) in [5.74, 6) is -1.84. The van der Waals surface area contributed by atoms with Crippen molar-refractivity contribution in [2.24, 2.45) is 5.41 Å². The number of amides is 2. The van der Waals surface area contributed by atoms with Gasteiger partial charge < -0.3 is 10.6 Å². The molecule has 0 aliphatic heterocycles. The lowest BCUT2D eigenvalue weighted by Crippen LogP contribution is -2.56. The maximum absolute atomic E-state index is 14.0. The summed E-state index contributed by atoms with van der Waals surface area (Å²) in [6.07, 6.45) is -9.29. The van der Waals surface area contributed by atoms with Crippen LogP contribution in [-0.2, 0) is 23.6 Å². The van der Waals surface area contributed by atoms with Crippen molar-refractivity contribution in [3.8, 4) is 0 Å². The summed E-state index contributed by atoms with van der Waals surface area (Å²) in [6, 6.07) is 28.2. The highest BCUT2D eigenvalue weighted by molar-refractivity contribution is 7.73. The quantitative estimate of drug-likeness (QED) is 0.134. The molecule has 4 aromatic rings. The fraction of sp³-hybridized carbons (Fsp3) is 0.278. The van der Waals surface area contributed by atoms with Crippen LogP contribution in [0.1, 0.15) is 47.8 Å². The second-order valence-corrected chi connectivity index (χ2v) is 14.5. The van der Waals surface area contributed by atoms with Gasteiger partial charge in [0.1, 0.15) is 6.04 Å². The van der Waals surface area contributed by atoms with E-state index in [4.69, 9.17) is 0 Å². The highest BCUT2D eigenvalue weighted by Gasteiger charge is 2.39. The van der Waals surface area contributed by atoms with Gasteiger partial charge in [-0.3, -0.25) is 9.59 Å². The Hall–Kier alpha value is -4.17. The summed E-state index contributed by atoms with van der Waals surface area (Å²) in [7, 11) is -0.962. The molecule has 0 saturated carbocycles. The molecule has 0 heterocycles. The van der Waals surface area contributed by atoms with Crippen molar-refractivity contribution in [3.05, 3.63) is 131 Å². The van der Waals surface area contributed by atoms with E-state index in [1.807, 2.05) is 91.0 Å². The van der Waals surface area contributed by atoms with Crippen molar-refractivity contribution in [2.75, 3.05) is 6.16 Å². The zero-order valence-electron chi connectivity index (χ0n) is 26.0. The number of alkyl halides is 6. The largest absolute Gasteiger partial charge is 0.416 e. The normalized spacial score (nSPS) is 13.6. The van der Waals surface area contributed by atoms with Gasteiger partial charge in [0.25, 0.3) is 5.91 Å². The minimum absolute atomic E-state index is 0.0450. The Labute approximate surface area is 271 Å². The average molecular weight is 673 g/mol. The molecule has 0 unspecified atom stereocenters. The van der Waals surface area contributed by atoms with Gasteiger partial charge in [0.2, 0.25) is 5.91 Å². The lowest BCUT2D eigenvalue weighted by molar-refractivity contribution is -0.143. The predicted molar refractivity (Wildman–Crippen MR) is 173 cm³/mol. The molecule has 0 bridgehead atoms. The topological polar surface area (TPSA) is 58.2 Å². The zero-order valence-corrected chi connectivity index (χ0v) is 26.9. The maximum atomic E-state index is 14.0. The summed E-state index contributed by atoms with van der Waals surface area (Å²) in [5.41, 5.74) is -4.10. The zero-order chi connectivity index (χ0) is 34.4. The SMILES string of the molecule is CC(C)(C)[C@H](NC(=O)c1cc(C(F)(F)F)cc(C(F)(F)F)c1)C(=O)N[C@@H](Cc1ccccc1)CP(c1ccccc1)c1ccccc1. The van der Waals surface area contributed by atoms with Crippen molar-refractivity contribution in [3.63, 3.8) is 0 Å². The molecule has 4 aromatic carbocycles. The first-order chi connectivity index (χ1) is 22.0. The number of hydrogen-bond donors (Lipinski definition) is 2. The molecule has 0 radical (unpaired) electrons. The Kier molecular flexibility index (Phi) is 11.2. The van der Waals surface area contributed by atoms with E-state index in [0.29, 0.717) is 24.7 Å². The van der Waals surface area contributed by atoms with Crippen LogP contribution in [0, 0.1) is 5.41 Å². The van der Waals surface area contributed by atoms with Gasteiger partial charge in [-0.2, -0.15) is 26.3 Å². The second kappa shape index (κ2) is 14.7. The van der Waals surface area contributed by atoms with Crippen molar-refractivity contribution < 1.29 is 35.9 Å². The highest BCUT2D eigenvalue weighted by Crippen LogP contribution is 2.37. The van der Waals surface area contributed by atoms with Crippen LogP contribution in [0.4, 0.5) is 26.3 Å². The second-order valence-electron chi connectivity index (χ2n) is 12.2. The van der Waals surface area contributed by atoms with Gasteiger partial charge in [-0.1, -0.05) is 112 Å². The fourth-order valence-corrected chi connectivity index (χ4v) is 7.56. The van der Waals surface area contributed by atoms with Gasteiger partial charge in [-0.15, -0.1) is 0 Å². The number of rotatable bonds is 10. The van der Waals surface area contributed by atoms with Crippen molar-refractivity contribution in [1.29, 1.82) is 0 Å². The Morgan fingerprint density at radius 1 is 0.660 bits per heavy atom. The third kappa shape index (κ3) is 9.91. The molecular formula is C36H35F6N2O2P. The van der Waals surface area contributed by atoms with E-state index < -0.39 is 66.3 Å². The Bertz CT molecular complexity index is 1570. The third-order valence-corrected chi connectivity index (χ3v) is 10.1. The molecule has 11 heteroatoms. The highest BCUT2D eigenvalue weighted by atomic mass is 31.1. The van der Waals surface area contributed by atoms with Crippen LogP contribution in [0.25, 0.3) is 0 Å². The fourth-order valence-electron chi connectivity index (χ4n) is 5.12. The number of nitrogens with one attached hydrogen (secondary N) is 2. The van der Waals surface area contributed by atoms with Gasteiger partial charge in [0.15, 0.2) is 0 Å². The Morgan fingerprint density at radius 2 is 1.11 bits per heavy atom. The average Bonchev–Trinajstić information content (AvgIpc) is 3.02. The van der Waals surface area contributed by atoms with Crippen LogP contribution in [-0.4, -0.2) is 30.1 Å². The monoisotopic (exact) mass is 672 g/mol. The smallest absolute Gasteiger partial charge is 0.351 e. The molecule has 2 amide bonds. The number of carbonyl (C=O) groups is 2. The summed E-state index contributed by atoms with van der Waals surface area (Å²) >= 11 is 0. The molecule has 4 rings (SSSR count). The standard InChI is InChI=1S/C36H35F6N2O2P/c1-34(2,3)31(44-32(45)25-20-26(35(37,38)39)22-27(21-25)36(40,41)42)33(46)43-28(19-24-13-7-4-8-14-24)23-47(29-15-9-5-10-16-29)30-17-11-6-12-18-30/h4-18,20-22,28,31H,19,23H2,1-3H3,(H,43,46)(H,44,45)/t28-,31+/m0/s1. The molecule has 0 saturated heterocycles. The van der Waals surface area contributed by atoms with E-state index in [9.17, 15) is 35.9 Å². The van der Waals surface area contributed by atoms with E-state index in [0.717, 1.165) is 16.2 Å². The number of hydrogen-bond acceptors (Lipinski definition) is 2. The molecule has 4 nitrogen and oxygen atoms in total. The minimum atomic E-state index is -5.13. The van der Waals surface area contributed by atoms with E-state index in [1.165, 1.54) is 0 Å². The number of benzene rings is 4. The Morgan fingerprint density at radius 3 is 1.53 bits per heavy atom. The lowest BCUT2D eigenvalue weighted by Gasteiger charge is -2.33. The van der Waals surface area contributed by atoms with Gasteiger partial charge >= 0.3 is 12.4 Å². The molecule has 0 spiro atoms. The van der Waals surface area contributed by atoms with Gasteiger partial charge in [-0.25, -0.2) is 0 Å². The van der Waals surface area contributed by atoms with E-state index in [2.05, 4.69) is 10.6 Å². The number of carbonyl (C=O) groups excluding carboxylic acids is 2. The van der Waals surface area contributed by atoms with Gasteiger partial charge in [-0.05, 0) is 60.3 Å².